The van der Waals surface area contributed by atoms with Crippen molar-refractivity contribution in [2.24, 2.45) is 0 Å². The Hall–Kier alpha value is -3.17. The second-order valence-corrected chi connectivity index (χ2v) is 7.54. The number of thioether (sulfide) groups is 1. The van der Waals surface area contributed by atoms with Crippen LogP contribution < -0.4 is 10.6 Å². The van der Waals surface area contributed by atoms with Crippen LogP contribution in [0.5, 0.6) is 0 Å². The summed E-state index contributed by atoms with van der Waals surface area (Å²) in [5.41, 5.74) is 5.65. The van der Waals surface area contributed by atoms with Gasteiger partial charge in [-0.05, 0) is 66.2 Å². The molecule has 2 N–H and O–H groups in total. The lowest BCUT2D eigenvalue weighted by Crippen LogP contribution is -1.93. The Bertz CT molecular complexity index is 982. The van der Waals surface area contributed by atoms with Crippen LogP contribution in [0.4, 0.5) is 22.7 Å². The van der Waals surface area contributed by atoms with Gasteiger partial charge in [0.25, 0.3) is 0 Å². The predicted octanol–water partition coefficient (Wildman–Crippen LogP) is 7.47. The molecule has 0 atom stereocenters. The Balaban J connectivity index is 1.32. The molecule has 0 aliphatic carbocycles. The van der Waals surface area contributed by atoms with Gasteiger partial charge in [-0.1, -0.05) is 48.5 Å². The van der Waals surface area contributed by atoms with Gasteiger partial charge in [-0.15, -0.1) is 11.8 Å². The van der Waals surface area contributed by atoms with E-state index in [1.807, 2.05) is 30.0 Å². The van der Waals surface area contributed by atoms with Crippen LogP contribution in [0.25, 0.3) is 0 Å². The standard InChI is InChI=1S/C25H22N2S/c1-3-7-21(8-4-1)26-23-15-17-24(18-16-23)27-22-13-11-20(12-14-22)19-28-25-9-5-2-6-10-25/h1-18,26-27H,19H2. The molecule has 0 aliphatic heterocycles. The van der Waals surface area contributed by atoms with E-state index in [4.69, 9.17) is 0 Å². The summed E-state index contributed by atoms with van der Waals surface area (Å²) in [6.45, 7) is 0. The van der Waals surface area contributed by atoms with Crippen LogP contribution >= 0.6 is 11.8 Å². The summed E-state index contributed by atoms with van der Waals surface area (Å²) in [5, 5.41) is 6.86. The van der Waals surface area contributed by atoms with Gasteiger partial charge in [0.1, 0.15) is 0 Å². The van der Waals surface area contributed by atoms with Gasteiger partial charge in [-0.25, -0.2) is 0 Å². The van der Waals surface area contributed by atoms with Gasteiger partial charge in [0, 0.05) is 33.4 Å². The van der Waals surface area contributed by atoms with Gasteiger partial charge in [0.2, 0.25) is 0 Å². The highest BCUT2D eigenvalue weighted by Gasteiger charge is 1.99. The van der Waals surface area contributed by atoms with Crippen molar-refractivity contribution < 1.29 is 0 Å². The maximum absolute atomic E-state index is 3.46. The fourth-order valence-electron chi connectivity index (χ4n) is 2.86. The molecule has 0 fully saturated rings. The predicted molar refractivity (Wildman–Crippen MR) is 122 cm³/mol. The summed E-state index contributed by atoms with van der Waals surface area (Å²) in [6, 6.07) is 37.7. The second kappa shape index (κ2) is 9.16. The van der Waals surface area contributed by atoms with Crippen molar-refractivity contribution in [3.63, 3.8) is 0 Å². The molecule has 3 heteroatoms. The Kier molecular flexibility index (Phi) is 5.95. The Labute approximate surface area is 170 Å². The Morgan fingerprint density at radius 1 is 0.464 bits per heavy atom. The first kappa shape index (κ1) is 18.2. The minimum absolute atomic E-state index is 0.976. The zero-order valence-electron chi connectivity index (χ0n) is 15.5. The fraction of sp³-hybridized carbons (Fsp3) is 0.0400. The van der Waals surface area contributed by atoms with Gasteiger partial charge >= 0.3 is 0 Å². The van der Waals surface area contributed by atoms with E-state index in [0.29, 0.717) is 0 Å². The first-order valence-electron chi connectivity index (χ1n) is 9.31. The average Bonchev–Trinajstić information content (AvgIpc) is 2.76. The summed E-state index contributed by atoms with van der Waals surface area (Å²) in [7, 11) is 0. The highest BCUT2D eigenvalue weighted by Crippen LogP contribution is 2.25. The van der Waals surface area contributed by atoms with Crippen molar-refractivity contribution in [2.75, 3.05) is 10.6 Å². The van der Waals surface area contributed by atoms with E-state index in [1.165, 1.54) is 10.5 Å². The number of nitrogens with one attached hydrogen (secondary N) is 2. The monoisotopic (exact) mass is 382 g/mol. The SMILES string of the molecule is c1ccc(Nc2ccc(Nc3ccc(CSc4ccccc4)cc3)cc2)cc1. The Morgan fingerprint density at radius 2 is 0.893 bits per heavy atom. The van der Waals surface area contributed by atoms with Gasteiger partial charge in [-0.2, -0.15) is 0 Å². The highest BCUT2D eigenvalue weighted by atomic mass is 32.2. The van der Waals surface area contributed by atoms with E-state index in [0.717, 1.165) is 28.5 Å². The molecule has 0 spiro atoms. The normalized spacial score (nSPS) is 10.4. The molecule has 4 rings (SSSR count). The number of hydrogen-bond acceptors (Lipinski definition) is 3. The van der Waals surface area contributed by atoms with E-state index in [1.54, 1.807) is 0 Å². The minimum Gasteiger partial charge on any atom is -0.356 e. The number of benzene rings is 4. The van der Waals surface area contributed by atoms with Gasteiger partial charge in [-0.3, -0.25) is 0 Å². The fourth-order valence-corrected chi connectivity index (χ4v) is 3.73. The zero-order valence-corrected chi connectivity index (χ0v) is 16.3. The maximum atomic E-state index is 3.46. The number of hydrogen-bond donors (Lipinski definition) is 2. The first-order valence-corrected chi connectivity index (χ1v) is 10.3. The summed E-state index contributed by atoms with van der Waals surface area (Å²) in [6.07, 6.45) is 0. The topological polar surface area (TPSA) is 24.1 Å². The van der Waals surface area contributed by atoms with Crippen LogP contribution in [0.15, 0.2) is 114 Å². The lowest BCUT2D eigenvalue weighted by atomic mass is 10.2. The highest BCUT2D eigenvalue weighted by molar-refractivity contribution is 7.98. The van der Waals surface area contributed by atoms with Crippen molar-refractivity contribution in [1.82, 2.24) is 0 Å². The van der Waals surface area contributed by atoms with E-state index in [2.05, 4.69) is 102 Å². The van der Waals surface area contributed by atoms with Crippen LogP contribution in [0.3, 0.4) is 0 Å². The lowest BCUT2D eigenvalue weighted by Gasteiger charge is -2.10. The van der Waals surface area contributed by atoms with Crippen LogP contribution in [-0.4, -0.2) is 0 Å². The maximum Gasteiger partial charge on any atom is 0.0385 e. The molecule has 0 aromatic heterocycles. The van der Waals surface area contributed by atoms with Crippen LogP contribution in [-0.2, 0) is 5.75 Å². The van der Waals surface area contributed by atoms with Gasteiger partial charge in [0.05, 0.1) is 0 Å². The molecule has 0 radical (unpaired) electrons. The van der Waals surface area contributed by atoms with E-state index in [-0.39, 0.29) is 0 Å². The van der Waals surface area contributed by atoms with Crippen LogP contribution in [0.1, 0.15) is 5.56 Å². The summed E-state index contributed by atoms with van der Waals surface area (Å²) in [4.78, 5) is 1.30. The second-order valence-electron chi connectivity index (χ2n) is 6.49. The van der Waals surface area contributed by atoms with E-state index >= 15 is 0 Å². The average molecular weight is 383 g/mol. The molecule has 0 aliphatic rings. The third-order valence-corrected chi connectivity index (χ3v) is 5.42. The number of anilines is 4. The van der Waals surface area contributed by atoms with Crippen LogP contribution in [0.2, 0.25) is 0 Å². The molecule has 28 heavy (non-hydrogen) atoms. The molecule has 0 amide bonds. The molecule has 0 saturated heterocycles. The van der Waals surface area contributed by atoms with E-state index in [9.17, 15) is 0 Å². The van der Waals surface area contributed by atoms with E-state index < -0.39 is 0 Å². The molecular formula is C25H22N2S. The molecule has 0 heterocycles. The van der Waals surface area contributed by atoms with Crippen LogP contribution in [0, 0.1) is 0 Å². The third-order valence-electron chi connectivity index (χ3n) is 4.34. The molecule has 0 saturated carbocycles. The molecule has 0 unspecified atom stereocenters. The molecule has 2 nitrogen and oxygen atoms in total. The summed E-state index contributed by atoms with van der Waals surface area (Å²) < 4.78 is 0. The van der Waals surface area contributed by atoms with Crippen molar-refractivity contribution >= 4 is 34.5 Å². The first-order chi connectivity index (χ1) is 13.8. The third kappa shape index (κ3) is 5.18. The quantitative estimate of drug-likeness (QED) is 0.324. The van der Waals surface area contributed by atoms with Gasteiger partial charge in [0.15, 0.2) is 0 Å². The molecule has 4 aromatic carbocycles. The van der Waals surface area contributed by atoms with Crippen molar-refractivity contribution in [1.29, 1.82) is 0 Å². The summed E-state index contributed by atoms with van der Waals surface area (Å²) in [5.74, 6) is 0.976. The smallest absolute Gasteiger partial charge is 0.0385 e. The minimum atomic E-state index is 0.976. The molecule has 0 bridgehead atoms. The number of rotatable bonds is 7. The number of para-hydroxylation sites is 1. The summed E-state index contributed by atoms with van der Waals surface area (Å²) >= 11 is 1.86. The zero-order chi connectivity index (χ0) is 19.0. The molecule has 4 aromatic rings. The van der Waals surface area contributed by atoms with Crippen molar-refractivity contribution in [3.05, 3.63) is 115 Å². The van der Waals surface area contributed by atoms with Crippen molar-refractivity contribution in [2.45, 2.75) is 10.6 Å². The largest absolute Gasteiger partial charge is 0.356 e. The van der Waals surface area contributed by atoms with Crippen molar-refractivity contribution in [3.8, 4) is 0 Å². The molecular weight excluding hydrogens is 360 g/mol. The molecule has 138 valence electrons. The Morgan fingerprint density at radius 3 is 1.43 bits per heavy atom. The lowest BCUT2D eigenvalue weighted by molar-refractivity contribution is 1.38. The van der Waals surface area contributed by atoms with Gasteiger partial charge < -0.3 is 10.6 Å².